The molecule has 0 fully saturated rings. The van der Waals surface area contributed by atoms with Crippen molar-refractivity contribution in [1.29, 1.82) is 0 Å². The second-order valence-corrected chi connectivity index (χ2v) is 7.57. The monoisotopic (exact) mass is 319 g/mol. The van der Waals surface area contributed by atoms with Crippen molar-refractivity contribution in [1.82, 2.24) is 4.98 Å². The van der Waals surface area contributed by atoms with Crippen LogP contribution in [0.15, 0.2) is 46.7 Å². The van der Waals surface area contributed by atoms with Crippen LogP contribution in [0.25, 0.3) is 21.5 Å². The Morgan fingerprint density at radius 1 is 1.14 bits per heavy atom. The molecule has 0 amide bonds. The molecule has 108 valence electrons. The van der Waals surface area contributed by atoms with Crippen LogP contribution in [-0.2, 0) is 9.84 Å². The first kappa shape index (κ1) is 14.0. The minimum absolute atomic E-state index is 0.301. The molecule has 4 nitrogen and oxygen atoms in total. The number of rotatable bonds is 3. The van der Waals surface area contributed by atoms with Gasteiger partial charge in [0.25, 0.3) is 0 Å². The van der Waals surface area contributed by atoms with Gasteiger partial charge in [-0.05, 0) is 23.6 Å². The SMILES string of the molecule is COc1cc(-c2ccc(S(C)(=O)=O)cc2)nc2ccsc12. The maximum atomic E-state index is 11.5. The van der Waals surface area contributed by atoms with E-state index in [-0.39, 0.29) is 0 Å². The number of methoxy groups -OCH3 is 1. The Morgan fingerprint density at radius 3 is 2.48 bits per heavy atom. The third-order valence-electron chi connectivity index (χ3n) is 3.18. The molecule has 0 N–H and O–H groups in total. The number of benzene rings is 1. The molecule has 21 heavy (non-hydrogen) atoms. The molecule has 3 aromatic rings. The number of pyridine rings is 1. The molecular formula is C15H13NO3S2. The van der Waals surface area contributed by atoms with Crippen LogP contribution in [0.2, 0.25) is 0 Å². The van der Waals surface area contributed by atoms with Gasteiger partial charge < -0.3 is 4.74 Å². The largest absolute Gasteiger partial charge is 0.495 e. The van der Waals surface area contributed by atoms with Crippen LogP contribution in [0.1, 0.15) is 0 Å². The van der Waals surface area contributed by atoms with Crippen molar-refractivity contribution < 1.29 is 13.2 Å². The summed E-state index contributed by atoms with van der Waals surface area (Å²) in [5, 5.41) is 1.97. The van der Waals surface area contributed by atoms with Crippen LogP contribution in [0, 0.1) is 0 Å². The summed E-state index contributed by atoms with van der Waals surface area (Å²) in [6.07, 6.45) is 1.20. The zero-order valence-electron chi connectivity index (χ0n) is 11.5. The lowest BCUT2D eigenvalue weighted by Crippen LogP contribution is -1.96. The van der Waals surface area contributed by atoms with Gasteiger partial charge in [0.05, 0.1) is 27.9 Å². The first-order valence-electron chi connectivity index (χ1n) is 6.22. The molecule has 2 heterocycles. The van der Waals surface area contributed by atoms with E-state index in [2.05, 4.69) is 4.98 Å². The van der Waals surface area contributed by atoms with Crippen molar-refractivity contribution in [3.63, 3.8) is 0 Å². The van der Waals surface area contributed by atoms with Gasteiger partial charge in [-0.1, -0.05) is 12.1 Å². The highest BCUT2D eigenvalue weighted by Crippen LogP contribution is 2.33. The van der Waals surface area contributed by atoms with E-state index in [1.54, 1.807) is 42.7 Å². The predicted molar refractivity (Wildman–Crippen MR) is 84.7 cm³/mol. The Balaban J connectivity index is 2.12. The number of sulfone groups is 1. The lowest BCUT2D eigenvalue weighted by Gasteiger charge is -2.06. The fourth-order valence-corrected chi connectivity index (χ4v) is 3.56. The summed E-state index contributed by atoms with van der Waals surface area (Å²) in [5.41, 5.74) is 2.49. The van der Waals surface area contributed by atoms with Crippen molar-refractivity contribution in [3.8, 4) is 17.0 Å². The maximum Gasteiger partial charge on any atom is 0.175 e. The standard InChI is InChI=1S/C15H13NO3S2/c1-19-14-9-13(16-12-7-8-20-15(12)14)10-3-5-11(6-4-10)21(2,17)18/h3-9H,1-2H3. The van der Waals surface area contributed by atoms with Gasteiger partial charge in [0.1, 0.15) is 5.75 Å². The van der Waals surface area contributed by atoms with Gasteiger partial charge in [-0.15, -0.1) is 11.3 Å². The van der Waals surface area contributed by atoms with Crippen LogP contribution in [0.5, 0.6) is 5.75 Å². The van der Waals surface area contributed by atoms with Gasteiger partial charge in [0.15, 0.2) is 9.84 Å². The Hall–Kier alpha value is -1.92. The zero-order chi connectivity index (χ0) is 15.0. The highest BCUT2D eigenvalue weighted by molar-refractivity contribution is 7.90. The van der Waals surface area contributed by atoms with Gasteiger partial charge in [0.2, 0.25) is 0 Å². The summed E-state index contributed by atoms with van der Waals surface area (Å²) in [5.74, 6) is 0.775. The van der Waals surface area contributed by atoms with Gasteiger partial charge in [-0.3, -0.25) is 0 Å². The first-order chi connectivity index (χ1) is 9.99. The van der Waals surface area contributed by atoms with Crippen molar-refractivity contribution in [2.75, 3.05) is 13.4 Å². The number of ether oxygens (including phenoxy) is 1. The summed E-state index contributed by atoms with van der Waals surface area (Å²) in [7, 11) is -1.55. The normalized spacial score (nSPS) is 11.7. The fraction of sp³-hybridized carbons (Fsp3) is 0.133. The third-order valence-corrected chi connectivity index (χ3v) is 5.22. The molecular weight excluding hydrogens is 306 g/mol. The highest BCUT2D eigenvalue weighted by atomic mass is 32.2. The average Bonchev–Trinajstić information content (AvgIpc) is 2.93. The summed E-state index contributed by atoms with van der Waals surface area (Å²) >= 11 is 1.58. The van der Waals surface area contributed by atoms with E-state index in [4.69, 9.17) is 4.74 Å². The van der Waals surface area contributed by atoms with E-state index in [0.29, 0.717) is 4.90 Å². The number of aromatic nitrogens is 1. The molecule has 0 atom stereocenters. The average molecular weight is 319 g/mol. The molecule has 1 aromatic carbocycles. The van der Waals surface area contributed by atoms with Crippen LogP contribution in [-0.4, -0.2) is 26.8 Å². The van der Waals surface area contributed by atoms with Crippen molar-refractivity contribution in [3.05, 3.63) is 41.8 Å². The maximum absolute atomic E-state index is 11.5. The minimum Gasteiger partial charge on any atom is -0.495 e. The molecule has 6 heteroatoms. The second kappa shape index (κ2) is 5.13. The van der Waals surface area contributed by atoms with Gasteiger partial charge in [0, 0.05) is 17.9 Å². The van der Waals surface area contributed by atoms with Gasteiger partial charge >= 0.3 is 0 Å². The third kappa shape index (κ3) is 2.64. The number of hydrogen-bond donors (Lipinski definition) is 0. The lowest BCUT2D eigenvalue weighted by molar-refractivity contribution is 0.420. The number of thiophene rings is 1. The summed E-state index contributed by atoms with van der Waals surface area (Å²) in [6, 6.07) is 10.5. The smallest absolute Gasteiger partial charge is 0.175 e. The Kier molecular flexibility index (Phi) is 3.43. The second-order valence-electron chi connectivity index (χ2n) is 4.64. The van der Waals surface area contributed by atoms with E-state index in [1.807, 2.05) is 17.5 Å². The van der Waals surface area contributed by atoms with Crippen LogP contribution in [0.3, 0.4) is 0 Å². The van der Waals surface area contributed by atoms with Crippen LogP contribution in [0.4, 0.5) is 0 Å². The van der Waals surface area contributed by atoms with Gasteiger partial charge in [-0.25, -0.2) is 13.4 Å². The Bertz CT molecular complexity index is 896. The summed E-state index contributed by atoms with van der Waals surface area (Å²) < 4.78 is 29.4. The molecule has 0 aliphatic rings. The first-order valence-corrected chi connectivity index (χ1v) is 8.99. The van der Waals surface area contributed by atoms with Crippen molar-refractivity contribution >= 4 is 31.4 Å². The molecule has 2 aromatic heterocycles. The molecule has 0 aliphatic heterocycles. The minimum atomic E-state index is -3.18. The zero-order valence-corrected chi connectivity index (χ0v) is 13.2. The number of nitrogens with zero attached hydrogens (tertiary/aromatic N) is 1. The lowest BCUT2D eigenvalue weighted by atomic mass is 10.1. The Morgan fingerprint density at radius 2 is 1.86 bits per heavy atom. The molecule has 0 bridgehead atoms. The fourth-order valence-electron chi connectivity index (χ4n) is 2.10. The van der Waals surface area contributed by atoms with Crippen molar-refractivity contribution in [2.45, 2.75) is 4.90 Å². The molecule has 0 saturated carbocycles. The molecule has 0 saturated heterocycles. The number of hydrogen-bond acceptors (Lipinski definition) is 5. The molecule has 3 rings (SSSR count). The van der Waals surface area contributed by atoms with E-state index in [1.165, 1.54) is 6.26 Å². The molecule has 0 radical (unpaired) electrons. The summed E-state index contributed by atoms with van der Waals surface area (Å²) in [4.78, 5) is 4.89. The van der Waals surface area contributed by atoms with Gasteiger partial charge in [-0.2, -0.15) is 0 Å². The highest BCUT2D eigenvalue weighted by Gasteiger charge is 2.11. The quantitative estimate of drug-likeness (QED) is 0.742. The summed E-state index contributed by atoms with van der Waals surface area (Å²) in [6.45, 7) is 0. The number of fused-ring (bicyclic) bond motifs is 1. The van der Waals surface area contributed by atoms with E-state index < -0.39 is 9.84 Å². The van der Waals surface area contributed by atoms with E-state index >= 15 is 0 Å². The van der Waals surface area contributed by atoms with Crippen LogP contribution >= 0.6 is 11.3 Å². The molecule has 0 unspecified atom stereocenters. The molecule has 0 aliphatic carbocycles. The van der Waals surface area contributed by atoms with E-state index in [9.17, 15) is 8.42 Å². The topological polar surface area (TPSA) is 56.3 Å². The van der Waals surface area contributed by atoms with Crippen molar-refractivity contribution in [2.24, 2.45) is 0 Å². The van der Waals surface area contributed by atoms with Crippen LogP contribution < -0.4 is 4.74 Å². The predicted octanol–water partition coefficient (Wildman–Crippen LogP) is 3.38. The molecule has 0 spiro atoms. The van der Waals surface area contributed by atoms with E-state index in [0.717, 1.165) is 27.2 Å². The Labute approximate surface area is 126 Å².